The average molecular weight is 362 g/mol. The molecule has 1 heterocycles. The van der Waals surface area contributed by atoms with E-state index in [1.54, 1.807) is 11.3 Å². The zero-order valence-corrected chi connectivity index (χ0v) is 15.9. The Morgan fingerprint density at radius 1 is 1.12 bits per heavy atom. The molecule has 0 fully saturated rings. The highest BCUT2D eigenvalue weighted by molar-refractivity contribution is 8.32. The van der Waals surface area contributed by atoms with Crippen LogP contribution in [-0.4, -0.2) is 41.3 Å². The van der Waals surface area contributed by atoms with Crippen LogP contribution >= 0.6 is 21.4 Å². The Morgan fingerprint density at radius 3 is 2.50 bits per heavy atom. The number of ether oxygens (including phenoxy) is 1. The number of aliphatic hydroxyl groups excluding tert-OH is 1. The van der Waals surface area contributed by atoms with E-state index in [0.717, 1.165) is 16.1 Å². The fourth-order valence-electron chi connectivity index (χ4n) is 2.37. The Hall–Kier alpha value is -1.40. The van der Waals surface area contributed by atoms with Gasteiger partial charge in [0, 0.05) is 5.56 Å². The summed E-state index contributed by atoms with van der Waals surface area (Å²) in [5, 5.41) is 10.2. The van der Waals surface area contributed by atoms with Gasteiger partial charge < -0.3 is 9.84 Å². The number of hydrogen-bond donors (Lipinski definition) is 1. The number of aromatic nitrogens is 1. The molecule has 0 saturated heterocycles. The van der Waals surface area contributed by atoms with Crippen molar-refractivity contribution in [2.75, 3.05) is 25.1 Å². The van der Waals surface area contributed by atoms with Crippen molar-refractivity contribution >= 4 is 31.6 Å². The molecule has 0 spiro atoms. The third kappa shape index (κ3) is 3.81. The molecule has 0 saturated carbocycles. The molecule has 1 atom stereocenters. The molecule has 0 aliphatic carbocycles. The minimum Gasteiger partial charge on any atom is -0.394 e. The molecule has 3 aromatic rings. The zero-order chi connectivity index (χ0) is 17.2. The lowest BCUT2D eigenvalue weighted by Crippen LogP contribution is -2.16. The van der Waals surface area contributed by atoms with Crippen molar-refractivity contribution in [3.63, 3.8) is 0 Å². The lowest BCUT2D eigenvalue weighted by molar-refractivity contribution is 0.0520. The second kappa shape index (κ2) is 7.23. The van der Waals surface area contributed by atoms with E-state index < -0.39 is 10.0 Å². The van der Waals surface area contributed by atoms with Gasteiger partial charge in [-0.1, -0.05) is 24.3 Å². The van der Waals surface area contributed by atoms with Crippen LogP contribution in [0.3, 0.4) is 0 Å². The van der Waals surface area contributed by atoms with E-state index in [4.69, 9.17) is 14.8 Å². The average Bonchev–Trinajstić information content (AvgIpc) is 3.04. The van der Waals surface area contributed by atoms with Crippen molar-refractivity contribution in [1.82, 2.24) is 4.98 Å². The van der Waals surface area contributed by atoms with Gasteiger partial charge >= 0.3 is 0 Å². The van der Waals surface area contributed by atoms with E-state index in [0.29, 0.717) is 5.94 Å². The Labute approximate surface area is 148 Å². The normalized spacial score (nSPS) is 14.0. The number of fused-ring (bicyclic) bond motifs is 1. The number of para-hydroxylation sites is 1. The van der Waals surface area contributed by atoms with E-state index in [1.165, 1.54) is 9.60 Å². The highest BCUT2D eigenvalue weighted by Crippen LogP contribution is 2.49. The van der Waals surface area contributed by atoms with Crippen LogP contribution in [0.15, 0.2) is 53.4 Å². The van der Waals surface area contributed by atoms with Crippen LogP contribution in [0.5, 0.6) is 0 Å². The Bertz CT molecular complexity index is 779. The summed E-state index contributed by atoms with van der Waals surface area (Å²) in [4.78, 5) is 6.02. The van der Waals surface area contributed by atoms with Gasteiger partial charge in [-0.15, -0.1) is 11.3 Å². The first-order valence-electron chi connectivity index (χ1n) is 7.89. The SMILES string of the molecule is CC(CO)OCS(C)(C)c1ccc(-c2nc3ccccc3s2)cc1. The molecule has 0 radical (unpaired) electrons. The van der Waals surface area contributed by atoms with Crippen molar-refractivity contribution in [3.8, 4) is 10.6 Å². The van der Waals surface area contributed by atoms with Gasteiger partial charge in [-0.3, -0.25) is 0 Å². The predicted molar refractivity (Wildman–Crippen MR) is 105 cm³/mol. The highest BCUT2D eigenvalue weighted by atomic mass is 32.3. The van der Waals surface area contributed by atoms with Gasteiger partial charge in [-0.05, 0) is 48.6 Å². The quantitative estimate of drug-likeness (QED) is 0.689. The van der Waals surface area contributed by atoms with Crippen LogP contribution in [0.4, 0.5) is 0 Å². The van der Waals surface area contributed by atoms with Crippen molar-refractivity contribution in [2.24, 2.45) is 0 Å². The summed E-state index contributed by atoms with van der Waals surface area (Å²) in [6.45, 7) is 1.96. The maximum atomic E-state index is 9.10. The molecule has 3 rings (SSSR count). The molecule has 128 valence electrons. The summed E-state index contributed by atoms with van der Waals surface area (Å²) in [5.74, 6) is 0.662. The lowest BCUT2D eigenvalue weighted by atomic mass is 10.2. The summed E-state index contributed by atoms with van der Waals surface area (Å²) in [7, 11) is -1.04. The Balaban J connectivity index is 1.79. The molecule has 1 unspecified atom stereocenters. The van der Waals surface area contributed by atoms with E-state index in [1.807, 2.05) is 19.1 Å². The molecule has 0 aliphatic rings. The first-order chi connectivity index (χ1) is 11.5. The Morgan fingerprint density at radius 2 is 1.83 bits per heavy atom. The number of hydrogen-bond acceptors (Lipinski definition) is 4. The minimum absolute atomic E-state index is 0.0616. The molecule has 5 heteroatoms. The molecule has 2 aromatic carbocycles. The molecule has 1 N–H and O–H groups in total. The van der Waals surface area contributed by atoms with Gasteiger partial charge in [0.15, 0.2) is 0 Å². The molecule has 1 aromatic heterocycles. The van der Waals surface area contributed by atoms with Gasteiger partial charge in [-0.25, -0.2) is 4.98 Å². The number of rotatable bonds is 6. The molecular formula is C19H23NO2S2. The summed E-state index contributed by atoms with van der Waals surface area (Å²) in [6, 6.07) is 16.9. The second-order valence-electron chi connectivity index (χ2n) is 6.33. The number of benzene rings is 2. The first-order valence-corrected chi connectivity index (χ1v) is 11.3. The van der Waals surface area contributed by atoms with E-state index in [-0.39, 0.29) is 12.7 Å². The third-order valence-electron chi connectivity index (χ3n) is 3.94. The summed E-state index contributed by atoms with van der Waals surface area (Å²) in [5.41, 5.74) is 2.21. The van der Waals surface area contributed by atoms with Gasteiger partial charge in [0.25, 0.3) is 0 Å². The molecular weight excluding hydrogens is 338 g/mol. The fraction of sp³-hybridized carbons (Fsp3) is 0.316. The molecule has 0 amide bonds. The predicted octanol–water partition coefficient (Wildman–Crippen LogP) is 4.74. The van der Waals surface area contributed by atoms with Crippen molar-refractivity contribution < 1.29 is 9.84 Å². The molecule has 0 bridgehead atoms. The summed E-state index contributed by atoms with van der Waals surface area (Å²) < 4.78 is 6.96. The van der Waals surface area contributed by atoms with Gasteiger partial charge in [0.1, 0.15) is 5.01 Å². The minimum atomic E-state index is -1.04. The van der Waals surface area contributed by atoms with Crippen molar-refractivity contribution in [1.29, 1.82) is 0 Å². The molecule has 24 heavy (non-hydrogen) atoms. The molecule has 0 aliphatic heterocycles. The Kier molecular flexibility index (Phi) is 5.25. The third-order valence-corrected chi connectivity index (χ3v) is 7.30. The van der Waals surface area contributed by atoms with E-state index in [9.17, 15) is 0 Å². The fourth-order valence-corrected chi connectivity index (χ4v) is 4.92. The maximum absolute atomic E-state index is 9.10. The number of thiazole rings is 1. The van der Waals surface area contributed by atoms with Gasteiger partial charge in [0.2, 0.25) is 0 Å². The smallest absolute Gasteiger partial charge is 0.124 e. The van der Waals surface area contributed by atoms with Gasteiger partial charge in [0.05, 0.1) is 28.9 Å². The van der Waals surface area contributed by atoms with Crippen LogP contribution in [0.1, 0.15) is 6.92 Å². The van der Waals surface area contributed by atoms with Crippen LogP contribution < -0.4 is 0 Å². The monoisotopic (exact) mass is 361 g/mol. The number of nitrogens with zero attached hydrogens (tertiary/aromatic N) is 1. The first kappa shape index (κ1) is 17.4. The van der Waals surface area contributed by atoms with Crippen LogP contribution in [0.2, 0.25) is 0 Å². The van der Waals surface area contributed by atoms with Crippen molar-refractivity contribution in [2.45, 2.75) is 17.9 Å². The molecule has 3 nitrogen and oxygen atoms in total. The zero-order valence-electron chi connectivity index (χ0n) is 14.2. The van der Waals surface area contributed by atoms with Crippen LogP contribution in [-0.2, 0) is 4.74 Å². The van der Waals surface area contributed by atoms with Crippen LogP contribution in [0, 0.1) is 0 Å². The second-order valence-corrected chi connectivity index (χ2v) is 11.1. The summed E-state index contributed by atoms with van der Waals surface area (Å²) >= 11 is 1.72. The van der Waals surface area contributed by atoms with Gasteiger partial charge in [-0.2, -0.15) is 10.0 Å². The maximum Gasteiger partial charge on any atom is 0.124 e. The number of aliphatic hydroxyl groups is 1. The van der Waals surface area contributed by atoms with E-state index >= 15 is 0 Å². The van der Waals surface area contributed by atoms with Crippen molar-refractivity contribution in [3.05, 3.63) is 48.5 Å². The topological polar surface area (TPSA) is 42.4 Å². The summed E-state index contributed by atoms with van der Waals surface area (Å²) in [6.07, 6.45) is 4.37. The largest absolute Gasteiger partial charge is 0.394 e. The lowest BCUT2D eigenvalue weighted by Gasteiger charge is -2.32. The van der Waals surface area contributed by atoms with E-state index in [2.05, 4.69) is 48.9 Å². The van der Waals surface area contributed by atoms with Crippen LogP contribution in [0.25, 0.3) is 20.8 Å². The highest BCUT2D eigenvalue weighted by Gasteiger charge is 2.17. The standard InChI is InChI=1S/C19H23NO2S2/c1-14(12-21)22-13-24(2,3)16-10-8-15(9-11-16)19-20-17-6-4-5-7-18(17)23-19/h4-11,14,21H,12-13H2,1-3H3.